The lowest BCUT2D eigenvalue weighted by Crippen LogP contribution is -2.64. The number of rotatable bonds is 6. The summed E-state index contributed by atoms with van der Waals surface area (Å²) < 4.78 is 45.0. The molecule has 0 radical (unpaired) electrons. The molecule has 3 fully saturated rings. The van der Waals surface area contributed by atoms with Crippen molar-refractivity contribution in [3.63, 3.8) is 0 Å². The van der Waals surface area contributed by atoms with Gasteiger partial charge >= 0.3 is 6.09 Å². The summed E-state index contributed by atoms with van der Waals surface area (Å²) in [6, 6.07) is 10.5. The smallest absolute Gasteiger partial charge is 0.411 e. The Balaban J connectivity index is 1.51. The van der Waals surface area contributed by atoms with Gasteiger partial charge in [0.2, 0.25) is 5.91 Å². The van der Waals surface area contributed by atoms with Gasteiger partial charge in [0.25, 0.3) is 0 Å². The van der Waals surface area contributed by atoms with Gasteiger partial charge in [0, 0.05) is 18.7 Å². The van der Waals surface area contributed by atoms with E-state index < -0.39 is 45.3 Å². The van der Waals surface area contributed by atoms with E-state index in [1.807, 2.05) is 12.1 Å². The van der Waals surface area contributed by atoms with Gasteiger partial charge in [-0.05, 0) is 87.3 Å². The lowest BCUT2D eigenvalue weighted by Gasteiger charge is -2.50. The van der Waals surface area contributed by atoms with Gasteiger partial charge in [-0.25, -0.2) is 17.6 Å². The van der Waals surface area contributed by atoms with Crippen LogP contribution in [0.2, 0.25) is 0 Å². The highest BCUT2D eigenvalue weighted by Crippen LogP contribution is 2.40. The van der Waals surface area contributed by atoms with Crippen molar-refractivity contribution in [1.29, 1.82) is 10.5 Å². The SMILES string of the molecule is CC(C)(C)OC(=O)N1C2CCC(CC2)[C@H]1C(=O)N[C@H](C#N)Cc1ccc(-c2ccc(C#N)c(S(C)(=O)=O)c2)cc1F. The first-order valence-corrected chi connectivity index (χ1v) is 15.4. The van der Waals surface area contributed by atoms with Crippen molar-refractivity contribution in [2.24, 2.45) is 5.92 Å². The van der Waals surface area contributed by atoms with Gasteiger partial charge in [-0.1, -0.05) is 18.2 Å². The van der Waals surface area contributed by atoms with Crippen LogP contribution >= 0.6 is 0 Å². The van der Waals surface area contributed by atoms with Crippen LogP contribution in [0.25, 0.3) is 11.1 Å². The molecule has 0 unspecified atom stereocenters. The summed E-state index contributed by atoms with van der Waals surface area (Å²) in [7, 11) is -3.68. The summed E-state index contributed by atoms with van der Waals surface area (Å²) in [4.78, 5) is 27.8. The van der Waals surface area contributed by atoms with Gasteiger partial charge in [-0.15, -0.1) is 0 Å². The molecule has 2 saturated heterocycles. The number of halogens is 1. The molecule has 11 heteroatoms. The van der Waals surface area contributed by atoms with Gasteiger partial charge in [0.1, 0.15) is 29.6 Å². The van der Waals surface area contributed by atoms with Crippen LogP contribution in [0.1, 0.15) is 57.6 Å². The molecule has 2 amide bonds. The van der Waals surface area contributed by atoms with Crippen LogP contribution in [-0.2, 0) is 25.8 Å². The minimum atomic E-state index is -3.68. The van der Waals surface area contributed by atoms with Crippen LogP contribution in [-0.4, -0.2) is 55.3 Å². The zero-order chi connectivity index (χ0) is 30.1. The molecule has 9 nitrogen and oxygen atoms in total. The lowest BCUT2D eigenvalue weighted by atomic mass is 9.74. The topological polar surface area (TPSA) is 140 Å². The number of fused-ring (bicyclic) bond motifs is 3. The standard InChI is InChI=1S/C30H33FN4O5S/c1-30(2,3)40-29(37)35-24-11-9-18(10-12-24)27(35)28(36)34-23(17-33)13-21-7-5-19(14-25(21)31)20-6-8-22(16-32)26(15-20)41(4,38)39/h5-8,14-15,18,23-24,27H,9-13H2,1-4H3,(H,34,36)/t18?,23-,24?,27-/m0/s1. The quantitative estimate of drug-likeness (QED) is 0.531. The van der Waals surface area contributed by atoms with Crippen molar-refractivity contribution < 1.29 is 27.1 Å². The first-order valence-electron chi connectivity index (χ1n) is 13.5. The first-order chi connectivity index (χ1) is 19.2. The number of amides is 2. The minimum Gasteiger partial charge on any atom is -0.444 e. The van der Waals surface area contributed by atoms with E-state index in [0.717, 1.165) is 31.9 Å². The predicted octanol–water partition coefficient (Wildman–Crippen LogP) is 4.50. The lowest BCUT2D eigenvalue weighted by molar-refractivity contribution is -0.135. The average Bonchev–Trinajstić information content (AvgIpc) is 2.91. The fourth-order valence-electron chi connectivity index (χ4n) is 5.67. The molecule has 2 bridgehead atoms. The second-order valence-electron chi connectivity index (χ2n) is 11.7. The van der Waals surface area contributed by atoms with Gasteiger partial charge in [0.15, 0.2) is 9.84 Å². The molecule has 0 spiro atoms. The van der Waals surface area contributed by atoms with E-state index in [9.17, 15) is 28.5 Å². The molecule has 3 aliphatic rings. The van der Waals surface area contributed by atoms with E-state index in [1.165, 1.54) is 35.2 Å². The molecule has 1 saturated carbocycles. The van der Waals surface area contributed by atoms with Crippen molar-refractivity contribution >= 4 is 21.8 Å². The second kappa shape index (κ2) is 11.5. The summed E-state index contributed by atoms with van der Waals surface area (Å²) in [6.45, 7) is 5.29. The highest BCUT2D eigenvalue weighted by molar-refractivity contribution is 7.90. The first kappa shape index (κ1) is 30.0. The number of ether oxygens (including phenoxy) is 1. The van der Waals surface area contributed by atoms with E-state index in [1.54, 1.807) is 26.8 Å². The predicted molar refractivity (Wildman–Crippen MR) is 149 cm³/mol. The zero-order valence-electron chi connectivity index (χ0n) is 23.5. The van der Waals surface area contributed by atoms with E-state index in [2.05, 4.69) is 5.32 Å². The third-order valence-electron chi connectivity index (χ3n) is 7.54. The van der Waals surface area contributed by atoms with Crippen LogP contribution in [0.3, 0.4) is 0 Å². The molecule has 2 heterocycles. The van der Waals surface area contributed by atoms with Gasteiger partial charge in [-0.2, -0.15) is 10.5 Å². The Morgan fingerprint density at radius 3 is 2.29 bits per heavy atom. The number of sulfone groups is 1. The average molecular weight is 581 g/mol. The van der Waals surface area contributed by atoms with E-state index in [-0.39, 0.29) is 34.4 Å². The Morgan fingerprint density at radius 1 is 1.10 bits per heavy atom. The fraction of sp³-hybridized carbons (Fsp3) is 0.467. The Bertz CT molecular complexity index is 1550. The van der Waals surface area contributed by atoms with Crippen LogP contribution in [0.15, 0.2) is 41.3 Å². The third kappa shape index (κ3) is 6.68. The number of nitriles is 2. The Hall–Kier alpha value is -3.96. The third-order valence-corrected chi connectivity index (χ3v) is 8.67. The van der Waals surface area contributed by atoms with Crippen LogP contribution in [0.4, 0.5) is 9.18 Å². The highest BCUT2D eigenvalue weighted by atomic mass is 32.2. The summed E-state index contributed by atoms with van der Waals surface area (Å²) in [6.07, 6.45) is 3.51. The summed E-state index contributed by atoms with van der Waals surface area (Å²) >= 11 is 0. The van der Waals surface area contributed by atoms with Crippen molar-refractivity contribution in [3.05, 3.63) is 53.3 Å². The van der Waals surface area contributed by atoms with Crippen LogP contribution < -0.4 is 5.32 Å². The molecular weight excluding hydrogens is 547 g/mol. The Morgan fingerprint density at radius 2 is 1.73 bits per heavy atom. The van der Waals surface area contributed by atoms with E-state index >= 15 is 4.39 Å². The highest BCUT2D eigenvalue weighted by Gasteiger charge is 2.49. The number of nitrogens with one attached hydrogen (secondary N) is 1. The normalized spacial score (nSPS) is 21.0. The van der Waals surface area contributed by atoms with Crippen molar-refractivity contribution in [1.82, 2.24) is 10.2 Å². The monoisotopic (exact) mass is 580 g/mol. The molecule has 216 valence electrons. The van der Waals surface area contributed by atoms with Gasteiger partial charge in [0.05, 0.1) is 16.5 Å². The Labute approximate surface area is 239 Å². The van der Waals surface area contributed by atoms with Gasteiger partial charge in [-0.3, -0.25) is 9.69 Å². The second-order valence-corrected chi connectivity index (χ2v) is 13.7. The number of carbonyl (C=O) groups is 2. The molecule has 2 atom stereocenters. The number of piperidine rings is 2. The van der Waals surface area contributed by atoms with Crippen LogP contribution in [0, 0.1) is 34.4 Å². The summed E-state index contributed by atoms with van der Waals surface area (Å²) in [5, 5.41) is 21.7. The summed E-state index contributed by atoms with van der Waals surface area (Å²) in [5.74, 6) is -1.14. The molecule has 0 aromatic heterocycles. The number of hydrogen-bond acceptors (Lipinski definition) is 7. The number of hydrogen-bond donors (Lipinski definition) is 1. The molecule has 2 aromatic carbocycles. The molecule has 2 aliphatic heterocycles. The largest absolute Gasteiger partial charge is 0.444 e. The maximum absolute atomic E-state index is 15.2. The fourth-order valence-corrected chi connectivity index (χ4v) is 6.52. The van der Waals surface area contributed by atoms with E-state index in [0.29, 0.717) is 11.1 Å². The summed E-state index contributed by atoms with van der Waals surface area (Å²) in [5.41, 5.74) is 0.265. The maximum Gasteiger partial charge on any atom is 0.411 e. The number of carbonyl (C=O) groups excluding carboxylic acids is 2. The van der Waals surface area contributed by atoms with Crippen molar-refractivity contribution in [2.45, 2.75) is 81.5 Å². The molecule has 2 aromatic rings. The molecule has 41 heavy (non-hydrogen) atoms. The Kier molecular flexibility index (Phi) is 8.41. The zero-order valence-corrected chi connectivity index (χ0v) is 24.3. The maximum atomic E-state index is 15.2. The molecule has 1 aliphatic carbocycles. The van der Waals surface area contributed by atoms with Crippen LogP contribution in [0.5, 0.6) is 0 Å². The molecule has 5 rings (SSSR count). The van der Waals surface area contributed by atoms with Gasteiger partial charge < -0.3 is 10.1 Å². The minimum absolute atomic E-state index is 0.00244. The van der Waals surface area contributed by atoms with Crippen molar-refractivity contribution in [2.75, 3.05) is 6.26 Å². The molecule has 1 N–H and O–H groups in total. The van der Waals surface area contributed by atoms with E-state index in [4.69, 9.17) is 4.74 Å². The number of nitrogens with zero attached hydrogens (tertiary/aromatic N) is 3. The number of benzene rings is 2. The molecular formula is C30H33FN4O5S. The van der Waals surface area contributed by atoms with Crippen molar-refractivity contribution in [3.8, 4) is 23.3 Å².